The predicted octanol–water partition coefficient (Wildman–Crippen LogP) is 6.04. The van der Waals surface area contributed by atoms with Crippen molar-refractivity contribution in [1.82, 2.24) is 0 Å². The van der Waals surface area contributed by atoms with Crippen LogP contribution in [0.25, 0.3) is 0 Å². The van der Waals surface area contributed by atoms with Crippen molar-refractivity contribution >= 4 is 81.2 Å². The molecule has 0 fully saturated rings. The fraction of sp³-hybridized carbons (Fsp3) is 0. The Morgan fingerprint density at radius 1 is 0.824 bits per heavy atom. The molecule has 3 amide bonds. The second-order valence-electron chi connectivity index (χ2n) is 7.05. The van der Waals surface area contributed by atoms with Gasteiger partial charge in [-0.1, -0.05) is 46.4 Å². The van der Waals surface area contributed by atoms with Gasteiger partial charge in [0.2, 0.25) is 0 Å². The van der Waals surface area contributed by atoms with Gasteiger partial charge in [-0.15, -0.1) is 0 Å². The molecule has 4 rings (SSSR count). The maximum atomic E-state index is 12.9. The number of aromatic hydroxyl groups is 1. The molecule has 3 aromatic rings. The number of hydrogen-bond acceptors (Lipinski definition) is 5. The molecule has 0 unspecified atom stereocenters. The van der Waals surface area contributed by atoms with E-state index in [0.29, 0.717) is 10.7 Å². The summed E-state index contributed by atoms with van der Waals surface area (Å²) in [7, 11) is 0. The topological polar surface area (TPSA) is 98.7 Å². The highest BCUT2D eigenvalue weighted by Gasteiger charge is 2.40. The first kappa shape index (κ1) is 23.9. The fourth-order valence-electron chi connectivity index (χ4n) is 3.14. The number of phenolic OH excluding ortho intramolecular Hbond substituents is 1. The first-order valence-electron chi connectivity index (χ1n) is 9.56. The van der Waals surface area contributed by atoms with Crippen molar-refractivity contribution in [1.29, 1.82) is 0 Å². The van der Waals surface area contributed by atoms with Crippen LogP contribution in [0.3, 0.4) is 0 Å². The molecule has 3 N–H and O–H groups in total. The van der Waals surface area contributed by atoms with Crippen LogP contribution in [0, 0.1) is 0 Å². The normalized spacial score (nSPS) is 13.5. The minimum atomic E-state index is -0.754. The number of carbonyl (C=O) groups excluding carboxylic acids is 3. The molecule has 7 nitrogen and oxygen atoms in total. The zero-order chi connectivity index (χ0) is 24.6. The molecule has 0 saturated carbocycles. The highest BCUT2D eigenvalue weighted by atomic mass is 35.5. The zero-order valence-electron chi connectivity index (χ0n) is 16.9. The Kier molecular flexibility index (Phi) is 6.72. The number of hydrogen-bond donors (Lipinski definition) is 3. The lowest BCUT2D eigenvalue weighted by atomic mass is 10.1. The van der Waals surface area contributed by atoms with Crippen molar-refractivity contribution in [2.75, 3.05) is 15.5 Å². The molecule has 0 atom stereocenters. The number of imide groups is 1. The maximum Gasteiger partial charge on any atom is 0.283 e. The molecule has 34 heavy (non-hydrogen) atoms. The summed E-state index contributed by atoms with van der Waals surface area (Å²) < 4.78 is 0. The number of carbonyl (C=O) groups is 3. The maximum absolute atomic E-state index is 12.9. The Morgan fingerprint density at radius 2 is 1.47 bits per heavy atom. The molecule has 1 aliphatic heterocycles. The van der Waals surface area contributed by atoms with Crippen LogP contribution in [-0.2, 0) is 9.59 Å². The largest absolute Gasteiger partial charge is 0.506 e. The standard InChI is InChI=1S/C23H13Cl4N3O4/c24-12-4-8-18(31)16(9-12)29-21(32)11-1-5-14(6-2-11)28-20-19(27)22(33)30(23(20)34)17-10-13(25)3-7-15(17)26/h1-10,28,31H,(H,29,32). The van der Waals surface area contributed by atoms with Gasteiger partial charge in [0.15, 0.2) is 0 Å². The summed E-state index contributed by atoms with van der Waals surface area (Å²) in [6.45, 7) is 0. The lowest BCUT2D eigenvalue weighted by Crippen LogP contribution is -2.32. The van der Waals surface area contributed by atoms with E-state index in [1.807, 2.05) is 0 Å². The SMILES string of the molecule is O=C(Nc1cc(Cl)ccc1O)c1ccc(NC2=C(Cl)C(=O)N(c3cc(Cl)ccc3Cl)C2=O)cc1. The fourth-order valence-corrected chi connectivity index (χ4v) is 3.89. The van der Waals surface area contributed by atoms with Crippen LogP contribution in [0.2, 0.25) is 15.1 Å². The van der Waals surface area contributed by atoms with E-state index in [-0.39, 0.29) is 43.5 Å². The third-order valence-electron chi connectivity index (χ3n) is 4.80. The molecular weight excluding hydrogens is 524 g/mol. The van der Waals surface area contributed by atoms with Gasteiger partial charge in [-0.05, 0) is 60.7 Å². The van der Waals surface area contributed by atoms with Gasteiger partial charge in [0.25, 0.3) is 17.7 Å². The van der Waals surface area contributed by atoms with Gasteiger partial charge in [-0.3, -0.25) is 14.4 Å². The van der Waals surface area contributed by atoms with Crippen LogP contribution in [0.1, 0.15) is 10.4 Å². The Labute approximate surface area is 213 Å². The summed E-state index contributed by atoms with van der Waals surface area (Å²) in [5.74, 6) is -2.09. The molecule has 0 radical (unpaired) electrons. The van der Waals surface area contributed by atoms with Crippen molar-refractivity contribution in [3.63, 3.8) is 0 Å². The summed E-state index contributed by atoms with van der Waals surface area (Å²) in [6, 6.07) is 14.7. The average molecular weight is 537 g/mol. The van der Waals surface area contributed by atoms with Crippen molar-refractivity contribution in [2.24, 2.45) is 0 Å². The van der Waals surface area contributed by atoms with Gasteiger partial charge in [0.1, 0.15) is 16.5 Å². The summed E-state index contributed by atoms with van der Waals surface area (Å²) in [5.41, 5.74) is 0.785. The van der Waals surface area contributed by atoms with E-state index in [0.717, 1.165) is 4.90 Å². The number of nitrogens with one attached hydrogen (secondary N) is 2. The Balaban J connectivity index is 1.51. The lowest BCUT2D eigenvalue weighted by molar-refractivity contribution is -0.120. The van der Waals surface area contributed by atoms with E-state index >= 15 is 0 Å². The first-order valence-corrected chi connectivity index (χ1v) is 11.1. The number of benzene rings is 3. The van der Waals surface area contributed by atoms with Crippen molar-refractivity contribution in [3.05, 3.63) is 92.0 Å². The molecule has 1 heterocycles. The quantitative estimate of drug-likeness (QED) is 0.273. The molecule has 0 spiro atoms. The van der Waals surface area contributed by atoms with E-state index < -0.39 is 17.7 Å². The highest BCUT2D eigenvalue weighted by Crippen LogP contribution is 2.36. The molecule has 11 heteroatoms. The lowest BCUT2D eigenvalue weighted by Gasteiger charge is -2.17. The predicted molar refractivity (Wildman–Crippen MR) is 133 cm³/mol. The Bertz CT molecular complexity index is 1370. The summed E-state index contributed by atoms with van der Waals surface area (Å²) in [5, 5.41) is 15.7. The van der Waals surface area contributed by atoms with Gasteiger partial charge in [0, 0.05) is 21.3 Å². The molecule has 0 bridgehead atoms. The summed E-state index contributed by atoms with van der Waals surface area (Å²) >= 11 is 24.1. The molecule has 172 valence electrons. The molecule has 3 aromatic carbocycles. The van der Waals surface area contributed by atoms with Crippen LogP contribution in [0.15, 0.2) is 71.4 Å². The molecule has 0 aromatic heterocycles. The van der Waals surface area contributed by atoms with Crippen LogP contribution >= 0.6 is 46.4 Å². The average Bonchev–Trinajstić information content (AvgIpc) is 3.01. The minimum absolute atomic E-state index is 0.107. The van der Waals surface area contributed by atoms with E-state index in [2.05, 4.69) is 10.6 Å². The third-order valence-corrected chi connectivity index (χ3v) is 5.94. The van der Waals surface area contributed by atoms with Crippen molar-refractivity contribution in [3.8, 4) is 5.75 Å². The van der Waals surface area contributed by atoms with Gasteiger partial charge >= 0.3 is 0 Å². The molecule has 0 aliphatic carbocycles. The van der Waals surface area contributed by atoms with Gasteiger partial charge < -0.3 is 15.7 Å². The van der Waals surface area contributed by atoms with Gasteiger partial charge in [-0.2, -0.15) is 0 Å². The van der Waals surface area contributed by atoms with E-state index in [9.17, 15) is 19.5 Å². The number of phenols is 1. The second kappa shape index (κ2) is 9.56. The number of rotatable bonds is 5. The smallest absolute Gasteiger partial charge is 0.283 e. The number of amides is 3. The van der Waals surface area contributed by atoms with Crippen LogP contribution in [-0.4, -0.2) is 22.8 Å². The molecular formula is C23H13Cl4N3O4. The second-order valence-corrected chi connectivity index (χ2v) is 8.71. The number of anilines is 3. The summed E-state index contributed by atoms with van der Waals surface area (Å²) in [4.78, 5) is 38.9. The molecule has 0 saturated heterocycles. The van der Waals surface area contributed by atoms with E-state index in [4.69, 9.17) is 46.4 Å². The Morgan fingerprint density at radius 3 is 2.18 bits per heavy atom. The van der Waals surface area contributed by atoms with Crippen LogP contribution in [0.4, 0.5) is 17.1 Å². The third kappa shape index (κ3) is 4.69. The zero-order valence-corrected chi connectivity index (χ0v) is 19.9. The number of nitrogens with zero attached hydrogens (tertiary/aromatic N) is 1. The van der Waals surface area contributed by atoms with Crippen LogP contribution < -0.4 is 15.5 Å². The molecule has 1 aliphatic rings. The van der Waals surface area contributed by atoms with E-state index in [1.165, 1.54) is 60.7 Å². The van der Waals surface area contributed by atoms with Crippen LogP contribution in [0.5, 0.6) is 5.75 Å². The van der Waals surface area contributed by atoms with Crippen molar-refractivity contribution in [2.45, 2.75) is 0 Å². The van der Waals surface area contributed by atoms with Crippen molar-refractivity contribution < 1.29 is 19.5 Å². The van der Waals surface area contributed by atoms with Gasteiger partial charge in [0.05, 0.1) is 16.4 Å². The summed E-state index contributed by atoms with van der Waals surface area (Å²) in [6.07, 6.45) is 0. The monoisotopic (exact) mass is 535 g/mol. The number of halogens is 4. The van der Waals surface area contributed by atoms with Gasteiger partial charge in [-0.25, -0.2) is 4.90 Å². The Hall–Kier alpha value is -3.23. The first-order chi connectivity index (χ1) is 16.2. The minimum Gasteiger partial charge on any atom is -0.506 e. The highest BCUT2D eigenvalue weighted by molar-refractivity contribution is 6.54. The van der Waals surface area contributed by atoms with E-state index in [1.54, 1.807) is 0 Å².